The Morgan fingerprint density at radius 1 is 0.947 bits per heavy atom. The van der Waals surface area contributed by atoms with Crippen LogP contribution in [0.25, 0.3) is 0 Å². The van der Waals surface area contributed by atoms with Gasteiger partial charge in [-0.1, -0.05) is 37.6 Å². The molecule has 0 unspecified atom stereocenters. The Kier molecular flexibility index (Phi) is 4.29. The van der Waals surface area contributed by atoms with E-state index in [2.05, 4.69) is 6.92 Å². The monoisotopic (exact) mass is 258 g/mol. The first-order valence-electron chi connectivity index (χ1n) is 6.38. The number of hydrogen-bond acceptors (Lipinski definition) is 3. The summed E-state index contributed by atoms with van der Waals surface area (Å²) >= 11 is 0. The van der Waals surface area contributed by atoms with Crippen molar-refractivity contribution in [3.05, 3.63) is 48.0 Å². The highest BCUT2D eigenvalue weighted by atomic mass is 16.5. The smallest absolute Gasteiger partial charge is 0.169 e. The maximum Gasteiger partial charge on any atom is 0.169 e. The summed E-state index contributed by atoms with van der Waals surface area (Å²) in [6.45, 7) is 2.08. The summed E-state index contributed by atoms with van der Waals surface area (Å²) in [4.78, 5) is 0. The first-order valence-corrected chi connectivity index (χ1v) is 6.38. The molecule has 0 atom stereocenters. The fourth-order valence-electron chi connectivity index (χ4n) is 1.94. The summed E-state index contributed by atoms with van der Waals surface area (Å²) < 4.78 is 11.0. The van der Waals surface area contributed by atoms with Gasteiger partial charge in [-0.2, -0.15) is 0 Å². The summed E-state index contributed by atoms with van der Waals surface area (Å²) in [6.07, 6.45) is 1.81. The van der Waals surface area contributed by atoms with Gasteiger partial charge in [0.25, 0.3) is 0 Å². The molecule has 0 aliphatic rings. The van der Waals surface area contributed by atoms with Crippen LogP contribution in [0, 0.1) is 0 Å². The number of hydrogen-bond donors (Lipinski definition) is 1. The van der Waals surface area contributed by atoms with Crippen molar-refractivity contribution in [3.63, 3.8) is 0 Å². The van der Waals surface area contributed by atoms with Crippen molar-refractivity contribution in [1.82, 2.24) is 0 Å². The Hall–Kier alpha value is -2.16. The maximum absolute atomic E-state index is 10.2. The standard InChI is InChI=1S/C16H18O3/c1-3-7-12-8-6-11-15(16(12)17)19-14-10-5-4-9-13(14)18-2/h4-6,8-11,17H,3,7H2,1-2H3. The van der Waals surface area contributed by atoms with Crippen LogP contribution in [-0.4, -0.2) is 12.2 Å². The molecule has 2 rings (SSSR count). The second-order valence-electron chi connectivity index (χ2n) is 4.27. The van der Waals surface area contributed by atoms with Crippen LogP contribution >= 0.6 is 0 Å². The van der Waals surface area contributed by atoms with Crippen molar-refractivity contribution in [1.29, 1.82) is 0 Å². The summed E-state index contributed by atoms with van der Waals surface area (Å²) in [7, 11) is 1.59. The van der Waals surface area contributed by atoms with Crippen LogP contribution < -0.4 is 9.47 Å². The van der Waals surface area contributed by atoms with Gasteiger partial charge in [0.05, 0.1) is 7.11 Å². The molecule has 2 aromatic carbocycles. The van der Waals surface area contributed by atoms with Crippen molar-refractivity contribution in [2.24, 2.45) is 0 Å². The molecule has 3 nitrogen and oxygen atoms in total. The lowest BCUT2D eigenvalue weighted by atomic mass is 10.1. The lowest BCUT2D eigenvalue weighted by Crippen LogP contribution is -1.92. The Balaban J connectivity index is 2.30. The number of aromatic hydroxyl groups is 1. The molecule has 0 spiro atoms. The molecule has 0 radical (unpaired) electrons. The molecule has 19 heavy (non-hydrogen) atoms. The quantitative estimate of drug-likeness (QED) is 0.875. The van der Waals surface area contributed by atoms with E-state index in [4.69, 9.17) is 9.47 Å². The van der Waals surface area contributed by atoms with Crippen molar-refractivity contribution in [3.8, 4) is 23.0 Å². The molecule has 0 aliphatic heterocycles. The van der Waals surface area contributed by atoms with Crippen LogP contribution in [0.15, 0.2) is 42.5 Å². The van der Waals surface area contributed by atoms with E-state index in [1.165, 1.54) is 0 Å². The normalized spacial score (nSPS) is 10.2. The third-order valence-corrected chi connectivity index (χ3v) is 2.89. The van der Waals surface area contributed by atoms with Gasteiger partial charge in [0.15, 0.2) is 23.0 Å². The summed E-state index contributed by atoms with van der Waals surface area (Å²) in [5, 5.41) is 10.2. The number of methoxy groups -OCH3 is 1. The van der Waals surface area contributed by atoms with E-state index in [0.717, 1.165) is 18.4 Å². The van der Waals surface area contributed by atoms with Gasteiger partial charge in [0.1, 0.15) is 0 Å². The molecule has 0 aliphatic carbocycles. The molecule has 0 saturated carbocycles. The molecule has 0 fully saturated rings. The Bertz CT molecular complexity index is 549. The van der Waals surface area contributed by atoms with Crippen LogP contribution in [0.1, 0.15) is 18.9 Å². The molecule has 0 saturated heterocycles. The second-order valence-corrected chi connectivity index (χ2v) is 4.27. The molecule has 0 amide bonds. The molecule has 1 N–H and O–H groups in total. The van der Waals surface area contributed by atoms with Crippen molar-refractivity contribution in [2.75, 3.05) is 7.11 Å². The minimum atomic E-state index is 0.204. The fourth-order valence-corrected chi connectivity index (χ4v) is 1.94. The second kappa shape index (κ2) is 6.14. The van der Waals surface area contributed by atoms with Crippen LogP contribution in [-0.2, 0) is 6.42 Å². The number of ether oxygens (including phenoxy) is 2. The highest BCUT2D eigenvalue weighted by Crippen LogP contribution is 2.37. The summed E-state index contributed by atoms with van der Waals surface area (Å²) in [5.41, 5.74) is 0.898. The lowest BCUT2D eigenvalue weighted by Gasteiger charge is -2.12. The largest absolute Gasteiger partial charge is 0.504 e. The van der Waals surface area contributed by atoms with E-state index in [1.54, 1.807) is 13.2 Å². The maximum atomic E-state index is 10.2. The van der Waals surface area contributed by atoms with Gasteiger partial charge in [-0.05, 0) is 30.2 Å². The third kappa shape index (κ3) is 2.99. The van der Waals surface area contributed by atoms with Gasteiger partial charge in [0, 0.05) is 0 Å². The first kappa shape index (κ1) is 13.3. The number of benzene rings is 2. The van der Waals surface area contributed by atoms with E-state index in [1.807, 2.05) is 36.4 Å². The fraction of sp³-hybridized carbons (Fsp3) is 0.250. The van der Waals surface area contributed by atoms with Crippen LogP contribution in [0.4, 0.5) is 0 Å². The third-order valence-electron chi connectivity index (χ3n) is 2.89. The predicted octanol–water partition coefficient (Wildman–Crippen LogP) is 4.15. The number of phenols is 1. The summed E-state index contributed by atoms with van der Waals surface area (Å²) in [6, 6.07) is 12.9. The van der Waals surface area contributed by atoms with E-state index in [-0.39, 0.29) is 5.75 Å². The van der Waals surface area contributed by atoms with Crippen molar-refractivity contribution in [2.45, 2.75) is 19.8 Å². The van der Waals surface area contributed by atoms with Gasteiger partial charge >= 0.3 is 0 Å². The number of rotatable bonds is 5. The van der Waals surface area contributed by atoms with Gasteiger partial charge in [-0.25, -0.2) is 0 Å². The average Bonchev–Trinajstić information content (AvgIpc) is 2.44. The zero-order chi connectivity index (χ0) is 13.7. The van der Waals surface area contributed by atoms with Gasteiger partial charge in [0.2, 0.25) is 0 Å². The van der Waals surface area contributed by atoms with E-state index in [0.29, 0.717) is 17.2 Å². The van der Waals surface area contributed by atoms with Crippen molar-refractivity contribution < 1.29 is 14.6 Å². The predicted molar refractivity (Wildman–Crippen MR) is 75.2 cm³/mol. The van der Waals surface area contributed by atoms with Crippen molar-refractivity contribution >= 4 is 0 Å². The minimum absolute atomic E-state index is 0.204. The van der Waals surface area contributed by atoms with Crippen LogP contribution in [0.3, 0.4) is 0 Å². The highest BCUT2D eigenvalue weighted by molar-refractivity contribution is 5.50. The minimum Gasteiger partial charge on any atom is -0.504 e. The zero-order valence-electron chi connectivity index (χ0n) is 11.2. The molecule has 2 aromatic rings. The summed E-state index contributed by atoms with van der Waals surface area (Å²) in [5.74, 6) is 1.89. The van der Waals surface area contributed by atoms with E-state index < -0.39 is 0 Å². The number of phenolic OH excluding ortho intramolecular Hbond substituents is 1. The van der Waals surface area contributed by atoms with Crippen LogP contribution in [0.2, 0.25) is 0 Å². The molecule has 3 heteroatoms. The molecule has 0 bridgehead atoms. The van der Waals surface area contributed by atoms with Gasteiger partial charge < -0.3 is 14.6 Å². The highest BCUT2D eigenvalue weighted by Gasteiger charge is 2.10. The van der Waals surface area contributed by atoms with E-state index in [9.17, 15) is 5.11 Å². The number of aryl methyl sites for hydroxylation is 1. The van der Waals surface area contributed by atoms with Gasteiger partial charge in [-0.15, -0.1) is 0 Å². The molecule has 0 aromatic heterocycles. The Morgan fingerprint density at radius 3 is 2.32 bits per heavy atom. The van der Waals surface area contributed by atoms with Gasteiger partial charge in [-0.3, -0.25) is 0 Å². The molecular formula is C16H18O3. The molecule has 100 valence electrons. The zero-order valence-corrected chi connectivity index (χ0v) is 11.2. The first-order chi connectivity index (χ1) is 9.26. The topological polar surface area (TPSA) is 38.7 Å². The average molecular weight is 258 g/mol. The van der Waals surface area contributed by atoms with Crippen LogP contribution in [0.5, 0.6) is 23.0 Å². The SMILES string of the molecule is CCCc1cccc(Oc2ccccc2OC)c1O. The Labute approximate surface area is 113 Å². The molecular weight excluding hydrogens is 240 g/mol. The number of para-hydroxylation sites is 3. The molecule has 0 heterocycles. The van der Waals surface area contributed by atoms with E-state index >= 15 is 0 Å². The lowest BCUT2D eigenvalue weighted by molar-refractivity contribution is 0.365. The Morgan fingerprint density at radius 2 is 1.63 bits per heavy atom.